The summed E-state index contributed by atoms with van der Waals surface area (Å²) < 4.78 is 10.4. The van der Waals surface area contributed by atoms with Gasteiger partial charge in [0.1, 0.15) is 5.76 Å². The first kappa shape index (κ1) is 9.27. The van der Waals surface area contributed by atoms with Crippen molar-refractivity contribution in [3.05, 3.63) is 17.6 Å². The molecule has 1 atom stereocenters. The minimum atomic E-state index is -0.0556. The van der Waals surface area contributed by atoms with E-state index in [-0.39, 0.29) is 11.7 Å². The number of hydrogen-bond donors (Lipinski definition) is 1. The van der Waals surface area contributed by atoms with E-state index in [1.807, 2.05) is 0 Å². The zero-order valence-electron chi connectivity index (χ0n) is 8.08. The Kier molecular flexibility index (Phi) is 2.29. The second kappa shape index (κ2) is 3.46. The second-order valence-corrected chi connectivity index (χ2v) is 3.55. The average Bonchev–Trinajstić information content (AvgIpc) is 2.76. The number of aryl methyl sites for hydroxylation is 1. The molecule has 0 aliphatic carbocycles. The van der Waals surface area contributed by atoms with Crippen LogP contribution in [0, 0.1) is 12.8 Å². The summed E-state index contributed by atoms with van der Waals surface area (Å²) in [7, 11) is 0. The second-order valence-electron chi connectivity index (χ2n) is 3.55. The number of nitrogens with two attached hydrogens (primary N) is 1. The van der Waals surface area contributed by atoms with Gasteiger partial charge < -0.3 is 14.9 Å². The van der Waals surface area contributed by atoms with Crippen LogP contribution in [-0.2, 0) is 4.74 Å². The molecule has 4 heteroatoms. The van der Waals surface area contributed by atoms with Crippen LogP contribution < -0.4 is 5.73 Å². The molecule has 2 N–H and O–H groups in total. The molecule has 14 heavy (non-hydrogen) atoms. The highest BCUT2D eigenvalue weighted by molar-refractivity contribution is 5.96. The standard InChI is InChI=1S/C10H13NO3/c1-6-8(11)4-9(14-6)10(12)7-2-3-13-5-7/h4,7H,2-3,5,11H2,1H3. The molecule has 1 unspecified atom stereocenters. The number of furan rings is 1. The van der Waals surface area contributed by atoms with E-state index in [0.29, 0.717) is 30.4 Å². The molecule has 0 amide bonds. The fourth-order valence-corrected chi connectivity index (χ4v) is 1.56. The van der Waals surface area contributed by atoms with Crippen molar-refractivity contribution in [3.63, 3.8) is 0 Å². The van der Waals surface area contributed by atoms with Gasteiger partial charge in [-0.2, -0.15) is 0 Å². The Morgan fingerprint density at radius 1 is 1.64 bits per heavy atom. The Morgan fingerprint density at radius 3 is 2.93 bits per heavy atom. The maximum atomic E-state index is 11.8. The van der Waals surface area contributed by atoms with Gasteiger partial charge in [0.05, 0.1) is 18.2 Å². The van der Waals surface area contributed by atoms with Crippen LogP contribution in [0.1, 0.15) is 22.7 Å². The zero-order valence-corrected chi connectivity index (χ0v) is 8.08. The van der Waals surface area contributed by atoms with Gasteiger partial charge >= 0.3 is 0 Å². The molecule has 0 aromatic carbocycles. The van der Waals surface area contributed by atoms with Crippen LogP contribution in [0.25, 0.3) is 0 Å². The Morgan fingerprint density at radius 2 is 2.43 bits per heavy atom. The fourth-order valence-electron chi connectivity index (χ4n) is 1.56. The third-order valence-corrected chi connectivity index (χ3v) is 2.50. The van der Waals surface area contributed by atoms with Crippen molar-refractivity contribution in [1.82, 2.24) is 0 Å². The van der Waals surface area contributed by atoms with Crippen molar-refractivity contribution >= 4 is 11.5 Å². The summed E-state index contributed by atoms with van der Waals surface area (Å²) in [6.45, 7) is 2.90. The minimum Gasteiger partial charge on any atom is -0.456 e. The lowest BCUT2D eigenvalue weighted by Crippen LogP contribution is -2.13. The molecule has 0 saturated carbocycles. The predicted octanol–water partition coefficient (Wildman–Crippen LogP) is 1.39. The lowest BCUT2D eigenvalue weighted by Gasteiger charge is -2.01. The molecule has 0 radical (unpaired) electrons. The first-order valence-electron chi connectivity index (χ1n) is 4.66. The van der Waals surface area contributed by atoms with E-state index in [1.165, 1.54) is 0 Å². The molecule has 1 aromatic heterocycles. The molecule has 1 aromatic rings. The highest BCUT2D eigenvalue weighted by atomic mass is 16.5. The van der Waals surface area contributed by atoms with Gasteiger partial charge in [0.25, 0.3) is 0 Å². The lowest BCUT2D eigenvalue weighted by atomic mass is 10.0. The normalized spacial score (nSPS) is 21.4. The molecule has 1 fully saturated rings. The van der Waals surface area contributed by atoms with Gasteiger partial charge in [-0.3, -0.25) is 4.79 Å². The van der Waals surface area contributed by atoms with E-state index in [0.717, 1.165) is 6.42 Å². The number of carbonyl (C=O) groups is 1. The summed E-state index contributed by atoms with van der Waals surface area (Å²) >= 11 is 0. The lowest BCUT2D eigenvalue weighted by molar-refractivity contribution is 0.0871. The van der Waals surface area contributed by atoms with E-state index >= 15 is 0 Å². The highest BCUT2D eigenvalue weighted by Gasteiger charge is 2.27. The van der Waals surface area contributed by atoms with Crippen molar-refractivity contribution in [2.45, 2.75) is 13.3 Å². The third kappa shape index (κ3) is 1.53. The van der Waals surface area contributed by atoms with Crippen LogP contribution in [0.15, 0.2) is 10.5 Å². The number of anilines is 1. The van der Waals surface area contributed by atoms with E-state index < -0.39 is 0 Å². The van der Waals surface area contributed by atoms with Crippen molar-refractivity contribution in [3.8, 4) is 0 Å². The summed E-state index contributed by atoms with van der Waals surface area (Å²) in [6, 6.07) is 1.59. The Labute approximate surface area is 82.0 Å². The van der Waals surface area contributed by atoms with Crippen LogP contribution in [0.3, 0.4) is 0 Å². The van der Waals surface area contributed by atoms with Gasteiger partial charge in [-0.1, -0.05) is 0 Å². The Hall–Kier alpha value is -1.29. The maximum Gasteiger partial charge on any atom is 0.203 e. The SMILES string of the molecule is Cc1oc(C(=O)C2CCOC2)cc1N. The summed E-state index contributed by atoms with van der Waals surface area (Å²) in [5.74, 6) is 0.907. The minimum absolute atomic E-state index is 0.00213. The van der Waals surface area contributed by atoms with Gasteiger partial charge in [0.15, 0.2) is 5.76 Å². The number of ketones is 1. The van der Waals surface area contributed by atoms with Crippen molar-refractivity contribution in [2.24, 2.45) is 5.92 Å². The highest BCUT2D eigenvalue weighted by Crippen LogP contribution is 2.23. The number of hydrogen-bond acceptors (Lipinski definition) is 4. The molecule has 2 rings (SSSR count). The number of ether oxygens (including phenoxy) is 1. The van der Waals surface area contributed by atoms with Gasteiger partial charge in [-0.25, -0.2) is 0 Å². The van der Waals surface area contributed by atoms with Gasteiger partial charge in [-0.15, -0.1) is 0 Å². The average molecular weight is 195 g/mol. The van der Waals surface area contributed by atoms with Crippen LogP contribution in [0.5, 0.6) is 0 Å². The summed E-state index contributed by atoms with van der Waals surface area (Å²) in [4.78, 5) is 11.8. The molecule has 1 aliphatic heterocycles. The van der Waals surface area contributed by atoms with Crippen molar-refractivity contribution in [2.75, 3.05) is 18.9 Å². The molecule has 76 valence electrons. The topological polar surface area (TPSA) is 65.5 Å². The monoisotopic (exact) mass is 195 g/mol. The van der Waals surface area contributed by atoms with Crippen LogP contribution in [0.2, 0.25) is 0 Å². The van der Waals surface area contributed by atoms with Crippen molar-refractivity contribution in [1.29, 1.82) is 0 Å². The van der Waals surface area contributed by atoms with Crippen LogP contribution in [0.4, 0.5) is 5.69 Å². The molecule has 2 heterocycles. The predicted molar refractivity (Wildman–Crippen MR) is 51.1 cm³/mol. The zero-order chi connectivity index (χ0) is 10.1. The quantitative estimate of drug-likeness (QED) is 0.724. The van der Waals surface area contributed by atoms with Gasteiger partial charge in [0.2, 0.25) is 5.78 Å². The molecular formula is C10H13NO3. The maximum absolute atomic E-state index is 11.8. The van der Waals surface area contributed by atoms with Crippen molar-refractivity contribution < 1.29 is 13.9 Å². The number of nitrogen functional groups attached to an aromatic ring is 1. The molecule has 4 nitrogen and oxygen atoms in total. The van der Waals surface area contributed by atoms with Gasteiger partial charge in [0, 0.05) is 12.7 Å². The molecule has 0 bridgehead atoms. The largest absolute Gasteiger partial charge is 0.456 e. The Balaban J connectivity index is 2.18. The van der Waals surface area contributed by atoms with E-state index in [4.69, 9.17) is 14.9 Å². The van der Waals surface area contributed by atoms with Crippen LogP contribution >= 0.6 is 0 Å². The number of rotatable bonds is 2. The number of Topliss-reactive ketones (excluding diaryl/α,β-unsaturated/α-hetero) is 1. The third-order valence-electron chi connectivity index (χ3n) is 2.50. The first-order valence-corrected chi connectivity index (χ1v) is 4.66. The van der Waals surface area contributed by atoms with E-state index in [9.17, 15) is 4.79 Å². The molecule has 0 spiro atoms. The van der Waals surface area contributed by atoms with E-state index in [2.05, 4.69) is 0 Å². The molecule has 1 saturated heterocycles. The summed E-state index contributed by atoms with van der Waals surface area (Å²) in [6.07, 6.45) is 0.776. The first-order chi connectivity index (χ1) is 6.68. The Bertz CT molecular complexity index is 331. The van der Waals surface area contributed by atoms with Gasteiger partial charge in [-0.05, 0) is 13.3 Å². The fraction of sp³-hybridized carbons (Fsp3) is 0.500. The van der Waals surface area contributed by atoms with Crippen LogP contribution in [-0.4, -0.2) is 19.0 Å². The smallest absolute Gasteiger partial charge is 0.203 e. The number of carbonyl (C=O) groups excluding carboxylic acids is 1. The summed E-state index contributed by atoms with van der Waals surface area (Å²) in [5, 5.41) is 0. The molecule has 1 aliphatic rings. The summed E-state index contributed by atoms with van der Waals surface area (Å²) in [5.41, 5.74) is 6.13. The molecular weight excluding hydrogens is 182 g/mol. The van der Waals surface area contributed by atoms with E-state index in [1.54, 1.807) is 13.0 Å².